The molecule has 0 aromatic rings. The summed E-state index contributed by atoms with van der Waals surface area (Å²) in [6.45, 7) is 0. The number of hydrogen-bond acceptors (Lipinski definition) is 0. The van der Waals surface area contributed by atoms with Gasteiger partial charge >= 0.3 is 85.1 Å². The molecule has 0 bridgehead atoms. The predicted molar refractivity (Wildman–Crippen MR) is 50.1 cm³/mol. The van der Waals surface area contributed by atoms with Gasteiger partial charge in [0.05, 0.1) is 0 Å². The predicted octanol–water partition coefficient (Wildman–Crippen LogP) is 2.30. The Labute approximate surface area is 84.7 Å². The maximum atomic E-state index is 5.79. The zero-order valence-corrected chi connectivity index (χ0v) is 10.5. The molecule has 1 heterocycles. The summed E-state index contributed by atoms with van der Waals surface area (Å²) < 4.78 is 0. The molecule has 0 N–H and O–H groups in total. The van der Waals surface area contributed by atoms with E-state index in [2.05, 4.69) is 0 Å². The second kappa shape index (κ2) is 5.30. The molecule has 2 unspecified atom stereocenters. The summed E-state index contributed by atoms with van der Waals surface area (Å²) in [6, 6.07) is 0. The summed E-state index contributed by atoms with van der Waals surface area (Å²) in [5.41, 5.74) is 0. The molecule has 0 aromatic carbocycles. The van der Waals surface area contributed by atoms with Gasteiger partial charge in [0.1, 0.15) is 0 Å². The third-order valence-corrected chi connectivity index (χ3v) is 10.7. The van der Waals surface area contributed by atoms with Crippen LogP contribution in [0.1, 0.15) is 0 Å². The molecule has 0 spiro atoms. The normalized spacial score (nSPS) is 34.2. The van der Waals surface area contributed by atoms with Crippen LogP contribution in [0.4, 0.5) is 0 Å². The molecular formula is C6H10Cl2Se2. The first-order valence-corrected chi connectivity index (χ1v) is 8.69. The standard InChI is InChI=1S/C6H10Cl2Se2/c7-1-5-3-9-4-6(2-8)10-5/h5-6H,1-4H2. The van der Waals surface area contributed by atoms with Crippen molar-refractivity contribution in [3.63, 3.8) is 0 Å². The van der Waals surface area contributed by atoms with E-state index < -0.39 is 0 Å². The average Bonchev–Trinajstić information content (AvgIpc) is 2.05. The molecule has 0 saturated carbocycles. The summed E-state index contributed by atoms with van der Waals surface area (Å²) in [6.07, 6.45) is 0. The molecule has 1 saturated heterocycles. The van der Waals surface area contributed by atoms with Crippen molar-refractivity contribution in [1.82, 2.24) is 0 Å². The topological polar surface area (TPSA) is 0 Å². The minimum absolute atomic E-state index is 0.740. The van der Waals surface area contributed by atoms with Crippen molar-refractivity contribution in [3.8, 4) is 0 Å². The molecule has 1 rings (SSSR count). The molecular weight excluding hydrogens is 301 g/mol. The first kappa shape index (κ1) is 9.71. The van der Waals surface area contributed by atoms with Gasteiger partial charge in [0.15, 0.2) is 0 Å². The van der Waals surface area contributed by atoms with E-state index in [0.717, 1.165) is 51.3 Å². The Bertz CT molecular complexity index is 89.7. The number of alkyl halides is 2. The van der Waals surface area contributed by atoms with Crippen LogP contribution >= 0.6 is 23.2 Å². The van der Waals surface area contributed by atoms with Crippen molar-refractivity contribution in [3.05, 3.63) is 0 Å². The van der Waals surface area contributed by atoms with E-state index in [4.69, 9.17) is 23.2 Å². The first-order valence-electron chi connectivity index (χ1n) is 3.22. The van der Waals surface area contributed by atoms with Crippen molar-refractivity contribution in [2.45, 2.75) is 20.3 Å². The molecule has 1 fully saturated rings. The monoisotopic (exact) mass is 312 g/mol. The van der Waals surface area contributed by atoms with Crippen molar-refractivity contribution >= 4 is 53.1 Å². The van der Waals surface area contributed by atoms with Crippen molar-refractivity contribution in [2.75, 3.05) is 11.8 Å². The van der Waals surface area contributed by atoms with Gasteiger partial charge in [-0.2, -0.15) is 0 Å². The van der Waals surface area contributed by atoms with Crippen LogP contribution in [0.5, 0.6) is 0 Å². The molecule has 60 valence electrons. The van der Waals surface area contributed by atoms with E-state index in [9.17, 15) is 0 Å². The Hall–Kier alpha value is 1.62. The van der Waals surface area contributed by atoms with Crippen LogP contribution in [0, 0.1) is 0 Å². The minimum atomic E-state index is 0.740. The molecule has 0 radical (unpaired) electrons. The number of hydrogen-bond donors (Lipinski definition) is 0. The second-order valence-corrected chi connectivity index (χ2v) is 8.47. The van der Waals surface area contributed by atoms with Gasteiger partial charge in [0.2, 0.25) is 0 Å². The third-order valence-electron chi connectivity index (χ3n) is 1.34. The Morgan fingerprint density at radius 2 is 1.60 bits per heavy atom. The van der Waals surface area contributed by atoms with Crippen LogP contribution in [0.3, 0.4) is 0 Å². The molecule has 0 aromatic heterocycles. The summed E-state index contributed by atoms with van der Waals surface area (Å²) in [5.74, 6) is 1.74. The number of halogens is 2. The van der Waals surface area contributed by atoms with Crippen LogP contribution in [0.25, 0.3) is 0 Å². The SMILES string of the molecule is ClCC1C[Se]CC(CCl)[Se]1. The Morgan fingerprint density at radius 1 is 1.10 bits per heavy atom. The van der Waals surface area contributed by atoms with Gasteiger partial charge < -0.3 is 0 Å². The summed E-state index contributed by atoms with van der Waals surface area (Å²) >= 11 is 13.2. The zero-order valence-electron chi connectivity index (χ0n) is 5.56. The van der Waals surface area contributed by atoms with E-state index in [1.54, 1.807) is 0 Å². The molecule has 4 heteroatoms. The third kappa shape index (κ3) is 2.93. The molecule has 10 heavy (non-hydrogen) atoms. The van der Waals surface area contributed by atoms with Gasteiger partial charge in [-0.05, 0) is 0 Å². The Morgan fingerprint density at radius 3 is 2.00 bits per heavy atom. The fraction of sp³-hybridized carbons (Fsp3) is 1.00. The second-order valence-electron chi connectivity index (χ2n) is 2.23. The average molecular weight is 311 g/mol. The molecule has 0 amide bonds. The first-order chi connectivity index (χ1) is 4.86. The molecule has 1 aliphatic rings. The van der Waals surface area contributed by atoms with E-state index in [1.165, 1.54) is 10.6 Å². The van der Waals surface area contributed by atoms with Gasteiger partial charge in [-0.3, -0.25) is 0 Å². The fourth-order valence-electron chi connectivity index (χ4n) is 0.843. The number of rotatable bonds is 2. The van der Waals surface area contributed by atoms with Crippen LogP contribution < -0.4 is 0 Å². The van der Waals surface area contributed by atoms with Crippen LogP contribution in [0.15, 0.2) is 0 Å². The summed E-state index contributed by atoms with van der Waals surface area (Å²) in [7, 11) is 0. The van der Waals surface area contributed by atoms with E-state index in [-0.39, 0.29) is 0 Å². The Balaban J connectivity index is 2.25. The summed E-state index contributed by atoms with van der Waals surface area (Å²) in [5, 5.41) is 2.81. The van der Waals surface area contributed by atoms with E-state index in [1.807, 2.05) is 0 Å². The fourth-order valence-corrected chi connectivity index (χ4v) is 9.88. The van der Waals surface area contributed by atoms with Crippen molar-refractivity contribution in [2.24, 2.45) is 0 Å². The molecule has 0 nitrogen and oxygen atoms in total. The van der Waals surface area contributed by atoms with E-state index >= 15 is 0 Å². The van der Waals surface area contributed by atoms with Crippen LogP contribution in [-0.4, -0.2) is 41.7 Å². The maximum absolute atomic E-state index is 5.79. The van der Waals surface area contributed by atoms with Gasteiger partial charge in [-0.1, -0.05) is 0 Å². The van der Waals surface area contributed by atoms with Gasteiger partial charge in [-0.25, -0.2) is 0 Å². The van der Waals surface area contributed by atoms with E-state index in [0.29, 0.717) is 0 Å². The Kier molecular flexibility index (Phi) is 5.14. The molecule has 2 atom stereocenters. The zero-order chi connectivity index (χ0) is 7.40. The van der Waals surface area contributed by atoms with Gasteiger partial charge in [0.25, 0.3) is 0 Å². The molecule has 0 aliphatic carbocycles. The van der Waals surface area contributed by atoms with Gasteiger partial charge in [-0.15, -0.1) is 0 Å². The van der Waals surface area contributed by atoms with Crippen molar-refractivity contribution in [1.29, 1.82) is 0 Å². The van der Waals surface area contributed by atoms with Crippen molar-refractivity contribution < 1.29 is 0 Å². The quantitative estimate of drug-likeness (QED) is 0.542. The van der Waals surface area contributed by atoms with Crippen LogP contribution in [-0.2, 0) is 0 Å². The molecule has 1 aliphatic heterocycles. The van der Waals surface area contributed by atoms with Crippen LogP contribution in [0.2, 0.25) is 20.3 Å². The summed E-state index contributed by atoms with van der Waals surface area (Å²) in [4.78, 5) is 1.68. The van der Waals surface area contributed by atoms with Gasteiger partial charge in [0, 0.05) is 0 Å².